The van der Waals surface area contributed by atoms with E-state index in [9.17, 15) is 13.2 Å². The Morgan fingerprint density at radius 1 is 0.853 bits per heavy atom. The van der Waals surface area contributed by atoms with Crippen molar-refractivity contribution < 1.29 is 13.2 Å². The number of hydrogen-bond donors (Lipinski definition) is 1. The normalized spacial score (nSPS) is 14.8. The second-order valence-electron chi connectivity index (χ2n) is 8.00. The first-order valence-corrected chi connectivity index (χ1v) is 12.4. The monoisotopic (exact) mass is 473 g/mol. The first-order chi connectivity index (χ1) is 16.5. The maximum Gasteiger partial charge on any atom is 0.255 e. The molecule has 8 nitrogen and oxygen atoms in total. The minimum atomic E-state index is -3.63. The lowest BCUT2D eigenvalue weighted by Crippen LogP contribution is -2.48. The number of benzene rings is 3. The molecule has 1 aliphatic rings. The molecule has 172 valence electrons. The third kappa shape index (κ3) is 4.48. The molecule has 9 heteroatoms. The molecule has 0 saturated carbocycles. The number of fused-ring (bicyclic) bond motifs is 1. The lowest BCUT2D eigenvalue weighted by atomic mass is 10.1. The number of hydrogen-bond acceptors (Lipinski definition) is 6. The van der Waals surface area contributed by atoms with Crippen molar-refractivity contribution in [2.45, 2.75) is 4.90 Å². The van der Waals surface area contributed by atoms with Crippen LogP contribution in [0.15, 0.2) is 90.2 Å². The quantitative estimate of drug-likeness (QED) is 0.477. The van der Waals surface area contributed by atoms with Gasteiger partial charge in [0.1, 0.15) is 5.82 Å². The molecule has 1 N–H and O–H groups in total. The Bertz CT molecular complexity index is 1420. The molecular weight excluding hydrogens is 450 g/mol. The number of sulfonamides is 1. The Hall–Kier alpha value is -3.82. The molecule has 1 saturated heterocycles. The van der Waals surface area contributed by atoms with Gasteiger partial charge < -0.3 is 10.2 Å². The van der Waals surface area contributed by atoms with Gasteiger partial charge in [-0.2, -0.15) is 4.31 Å². The highest BCUT2D eigenvalue weighted by molar-refractivity contribution is 7.89. The molecule has 0 aliphatic carbocycles. The van der Waals surface area contributed by atoms with Crippen LogP contribution in [0.25, 0.3) is 10.8 Å². The van der Waals surface area contributed by atoms with Crippen molar-refractivity contribution >= 4 is 38.2 Å². The SMILES string of the molecule is O=C(Nc1ccc(S(=O)(=O)N2CCN(c3cnccn3)CC2)cc1)c1ccc2ccccc2c1. The van der Waals surface area contributed by atoms with Crippen molar-refractivity contribution in [1.29, 1.82) is 0 Å². The molecule has 0 spiro atoms. The zero-order chi connectivity index (χ0) is 23.5. The molecule has 2 heterocycles. The summed E-state index contributed by atoms with van der Waals surface area (Å²) in [4.78, 5) is 23.2. The molecular formula is C25H23N5O3S. The summed E-state index contributed by atoms with van der Waals surface area (Å²) >= 11 is 0. The van der Waals surface area contributed by atoms with Crippen molar-refractivity contribution in [2.75, 3.05) is 36.4 Å². The van der Waals surface area contributed by atoms with E-state index in [4.69, 9.17) is 0 Å². The smallest absolute Gasteiger partial charge is 0.255 e. The standard InChI is InChI=1S/C25H23N5O3S/c31-25(21-6-5-19-3-1-2-4-20(19)17-21)28-22-7-9-23(10-8-22)34(32,33)30-15-13-29(14-16-30)24-18-26-11-12-27-24/h1-12,17-18H,13-16H2,(H,28,31). The second kappa shape index (κ2) is 9.20. The zero-order valence-corrected chi connectivity index (χ0v) is 19.1. The zero-order valence-electron chi connectivity index (χ0n) is 18.3. The molecule has 1 aromatic heterocycles. The van der Waals surface area contributed by atoms with Crippen LogP contribution < -0.4 is 10.2 Å². The molecule has 0 bridgehead atoms. The molecule has 1 fully saturated rings. The predicted molar refractivity (Wildman–Crippen MR) is 131 cm³/mol. The highest BCUT2D eigenvalue weighted by atomic mass is 32.2. The van der Waals surface area contributed by atoms with Crippen molar-refractivity contribution in [3.63, 3.8) is 0 Å². The highest BCUT2D eigenvalue weighted by Crippen LogP contribution is 2.22. The molecule has 3 aromatic carbocycles. The molecule has 0 atom stereocenters. The number of anilines is 2. The van der Waals surface area contributed by atoms with Crippen molar-refractivity contribution in [2.24, 2.45) is 0 Å². The van der Waals surface area contributed by atoms with Crippen LogP contribution in [0.5, 0.6) is 0 Å². The maximum absolute atomic E-state index is 13.1. The van der Waals surface area contributed by atoms with E-state index in [-0.39, 0.29) is 10.8 Å². The van der Waals surface area contributed by atoms with Gasteiger partial charge in [0.25, 0.3) is 5.91 Å². The number of carbonyl (C=O) groups excluding carboxylic acids is 1. The number of aromatic nitrogens is 2. The Morgan fingerprint density at radius 3 is 2.29 bits per heavy atom. The molecule has 34 heavy (non-hydrogen) atoms. The van der Waals surface area contributed by atoms with Gasteiger partial charge in [0.2, 0.25) is 10.0 Å². The van der Waals surface area contributed by atoms with Gasteiger partial charge in [-0.05, 0) is 47.2 Å². The van der Waals surface area contributed by atoms with E-state index in [1.165, 1.54) is 16.4 Å². The van der Waals surface area contributed by atoms with Gasteiger partial charge in [0.15, 0.2) is 0 Å². The van der Waals surface area contributed by atoms with Gasteiger partial charge >= 0.3 is 0 Å². The third-order valence-electron chi connectivity index (χ3n) is 5.87. The molecule has 4 aromatic rings. The summed E-state index contributed by atoms with van der Waals surface area (Å²) in [6.07, 6.45) is 4.91. The number of carbonyl (C=O) groups is 1. The number of nitrogens with zero attached hydrogens (tertiary/aromatic N) is 4. The van der Waals surface area contributed by atoms with E-state index >= 15 is 0 Å². The van der Waals surface area contributed by atoms with Crippen LogP contribution in [0.2, 0.25) is 0 Å². The van der Waals surface area contributed by atoms with Crippen LogP contribution in [0.4, 0.5) is 11.5 Å². The Kier molecular flexibility index (Phi) is 5.95. The van der Waals surface area contributed by atoms with E-state index in [0.29, 0.717) is 37.4 Å². The first kappa shape index (κ1) is 22.0. The summed E-state index contributed by atoms with van der Waals surface area (Å²) in [6, 6.07) is 19.6. The molecule has 0 radical (unpaired) electrons. The fraction of sp³-hybridized carbons (Fsp3) is 0.160. The minimum Gasteiger partial charge on any atom is -0.353 e. The number of rotatable bonds is 5. The predicted octanol–water partition coefficient (Wildman–Crippen LogP) is 3.39. The topological polar surface area (TPSA) is 95.5 Å². The summed E-state index contributed by atoms with van der Waals surface area (Å²) in [5, 5.41) is 4.88. The van der Waals surface area contributed by atoms with Gasteiger partial charge in [0.05, 0.1) is 11.1 Å². The van der Waals surface area contributed by atoms with Gasteiger partial charge in [-0.1, -0.05) is 30.3 Å². The van der Waals surface area contributed by atoms with Gasteiger partial charge in [-0.25, -0.2) is 13.4 Å². The van der Waals surface area contributed by atoms with Crippen LogP contribution in [-0.2, 0) is 10.0 Å². The van der Waals surface area contributed by atoms with Crippen LogP contribution in [-0.4, -0.2) is 54.8 Å². The van der Waals surface area contributed by atoms with Gasteiger partial charge in [0, 0.05) is 49.8 Å². The van der Waals surface area contributed by atoms with E-state index in [0.717, 1.165) is 16.6 Å². The Labute approximate surface area is 197 Å². The van der Waals surface area contributed by atoms with Crippen LogP contribution in [0.1, 0.15) is 10.4 Å². The first-order valence-electron chi connectivity index (χ1n) is 10.9. The van der Waals surface area contributed by atoms with Crippen molar-refractivity contribution in [3.8, 4) is 0 Å². The summed E-state index contributed by atoms with van der Waals surface area (Å²) in [5.41, 5.74) is 1.07. The van der Waals surface area contributed by atoms with Gasteiger partial charge in [-0.15, -0.1) is 0 Å². The summed E-state index contributed by atoms with van der Waals surface area (Å²) in [5.74, 6) is 0.493. The van der Waals surface area contributed by atoms with E-state index in [1.807, 2.05) is 41.3 Å². The number of piperazine rings is 1. The minimum absolute atomic E-state index is 0.198. The summed E-state index contributed by atoms with van der Waals surface area (Å²) in [6.45, 7) is 1.80. The molecule has 1 aliphatic heterocycles. The molecule has 1 amide bonds. The number of amides is 1. The van der Waals surface area contributed by atoms with E-state index in [2.05, 4.69) is 15.3 Å². The summed E-state index contributed by atoms with van der Waals surface area (Å²) in [7, 11) is -3.63. The van der Waals surface area contributed by atoms with Crippen molar-refractivity contribution in [1.82, 2.24) is 14.3 Å². The highest BCUT2D eigenvalue weighted by Gasteiger charge is 2.29. The van der Waals surface area contributed by atoms with Crippen LogP contribution >= 0.6 is 0 Å². The Balaban J connectivity index is 1.24. The molecule has 5 rings (SSSR count). The lowest BCUT2D eigenvalue weighted by molar-refractivity contribution is 0.102. The average molecular weight is 474 g/mol. The lowest BCUT2D eigenvalue weighted by Gasteiger charge is -2.34. The molecule has 0 unspecified atom stereocenters. The largest absolute Gasteiger partial charge is 0.353 e. The maximum atomic E-state index is 13.1. The van der Waals surface area contributed by atoms with Crippen molar-refractivity contribution in [3.05, 3.63) is 90.9 Å². The fourth-order valence-electron chi connectivity index (χ4n) is 4.01. The average Bonchev–Trinajstić information content (AvgIpc) is 2.89. The van der Waals surface area contributed by atoms with Crippen LogP contribution in [0.3, 0.4) is 0 Å². The summed E-state index contributed by atoms with van der Waals surface area (Å²) < 4.78 is 27.7. The second-order valence-corrected chi connectivity index (χ2v) is 9.93. The number of nitrogens with one attached hydrogen (secondary N) is 1. The Morgan fingerprint density at radius 2 is 1.59 bits per heavy atom. The third-order valence-corrected chi connectivity index (χ3v) is 7.79. The van der Waals surface area contributed by atoms with E-state index < -0.39 is 10.0 Å². The fourth-order valence-corrected chi connectivity index (χ4v) is 5.43. The van der Waals surface area contributed by atoms with Crippen LogP contribution in [0, 0.1) is 0 Å². The van der Waals surface area contributed by atoms with E-state index in [1.54, 1.807) is 36.8 Å². The van der Waals surface area contributed by atoms with Gasteiger partial charge in [-0.3, -0.25) is 9.78 Å².